The summed E-state index contributed by atoms with van der Waals surface area (Å²) in [5, 5.41) is 19.4. The number of hydrogen-bond acceptors (Lipinski definition) is 5. The zero-order valence-electron chi connectivity index (χ0n) is 10.7. The van der Waals surface area contributed by atoms with Crippen LogP contribution in [0.4, 0.5) is 5.69 Å². The van der Waals surface area contributed by atoms with Crippen LogP contribution in [0.15, 0.2) is 24.3 Å². The van der Waals surface area contributed by atoms with E-state index in [1.54, 1.807) is 26.0 Å². The Bertz CT molecular complexity index is 473. The maximum absolute atomic E-state index is 10.9. The Balaban J connectivity index is 2.66. The molecule has 1 aromatic carbocycles. The van der Waals surface area contributed by atoms with Crippen LogP contribution in [0.1, 0.15) is 19.4 Å². The molecule has 19 heavy (non-hydrogen) atoms. The highest BCUT2D eigenvalue weighted by atomic mass is 32.2. The van der Waals surface area contributed by atoms with Crippen LogP contribution in [-0.2, 0) is 10.5 Å². The number of nitrogens with two attached hydrogens (primary N) is 1. The van der Waals surface area contributed by atoms with Crippen LogP contribution in [0.2, 0.25) is 0 Å². The topological polar surface area (TPSA) is 106 Å². The summed E-state index contributed by atoms with van der Waals surface area (Å²) in [6.45, 7) is 3.53. The molecule has 3 N–H and O–H groups in total. The second-order valence-electron chi connectivity index (χ2n) is 4.63. The summed E-state index contributed by atoms with van der Waals surface area (Å²) < 4.78 is -0.617. The number of carboxylic acids is 1. The first-order valence-electron chi connectivity index (χ1n) is 5.59. The van der Waals surface area contributed by atoms with E-state index in [0.29, 0.717) is 5.75 Å². The van der Waals surface area contributed by atoms with Gasteiger partial charge in [0.2, 0.25) is 0 Å². The SMILES string of the molecule is CC(C)(SCc1ccc([N+](=O)[O-])cc1)[C@@H](N)C(=O)O. The molecule has 0 heterocycles. The molecule has 104 valence electrons. The molecule has 0 aliphatic rings. The number of rotatable bonds is 6. The third-order valence-corrected chi connectivity index (χ3v) is 4.25. The number of thioether (sulfide) groups is 1. The molecule has 0 aliphatic carbocycles. The average Bonchev–Trinajstić information content (AvgIpc) is 2.35. The maximum Gasteiger partial charge on any atom is 0.321 e. The third-order valence-electron chi connectivity index (χ3n) is 2.77. The maximum atomic E-state index is 10.9. The lowest BCUT2D eigenvalue weighted by atomic mass is 10.1. The summed E-state index contributed by atoms with van der Waals surface area (Å²) in [5.74, 6) is -0.493. The molecule has 0 radical (unpaired) electrons. The molecule has 7 heteroatoms. The zero-order chi connectivity index (χ0) is 14.6. The number of nitrogens with zero attached hydrogens (tertiary/aromatic N) is 1. The van der Waals surface area contributed by atoms with Gasteiger partial charge in [-0.05, 0) is 19.4 Å². The molecule has 1 atom stereocenters. The smallest absolute Gasteiger partial charge is 0.321 e. The third kappa shape index (κ3) is 4.22. The van der Waals surface area contributed by atoms with Gasteiger partial charge in [0.05, 0.1) is 4.92 Å². The van der Waals surface area contributed by atoms with Crippen LogP contribution in [0, 0.1) is 10.1 Å². The molecule has 0 saturated carbocycles. The molecule has 0 fully saturated rings. The van der Waals surface area contributed by atoms with Crippen molar-refractivity contribution in [2.24, 2.45) is 5.73 Å². The second-order valence-corrected chi connectivity index (χ2v) is 6.26. The van der Waals surface area contributed by atoms with Crippen LogP contribution >= 0.6 is 11.8 Å². The van der Waals surface area contributed by atoms with Gasteiger partial charge in [-0.3, -0.25) is 14.9 Å². The molecule has 0 amide bonds. The van der Waals surface area contributed by atoms with Crippen molar-refractivity contribution in [3.05, 3.63) is 39.9 Å². The van der Waals surface area contributed by atoms with E-state index in [9.17, 15) is 14.9 Å². The Morgan fingerprint density at radius 1 is 1.47 bits per heavy atom. The van der Waals surface area contributed by atoms with Crippen LogP contribution in [0.5, 0.6) is 0 Å². The second kappa shape index (κ2) is 6.03. The number of carbonyl (C=O) groups is 1. The summed E-state index contributed by atoms with van der Waals surface area (Å²) in [7, 11) is 0. The minimum absolute atomic E-state index is 0.0373. The fourth-order valence-electron chi connectivity index (χ4n) is 1.37. The van der Waals surface area contributed by atoms with Crippen molar-refractivity contribution < 1.29 is 14.8 Å². The van der Waals surface area contributed by atoms with Gasteiger partial charge in [-0.15, -0.1) is 11.8 Å². The average molecular weight is 284 g/mol. The Labute approximate surface area is 115 Å². The summed E-state index contributed by atoms with van der Waals surface area (Å²) in [5.41, 5.74) is 6.54. The highest BCUT2D eigenvalue weighted by Crippen LogP contribution is 2.31. The van der Waals surface area contributed by atoms with Crippen molar-refractivity contribution >= 4 is 23.4 Å². The predicted octanol–water partition coefficient (Wildman–Crippen LogP) is 2.02. The Hall–Kier alpha value is -1.60. The van der Waals surface area contributed by atoms with E-state index in [4.69, 9.17) is 10.8 Å². The summed E-state index contributed by atoms with van der Waals surface area (Å²) in [6.07, 6.45) is 0. The molecular formula is C12H16N2O4S. The minimum Gasteiger partial charge on any atom is -0.480 e. The van der Waals surface area contributed by atoms with E-state index in [1.165, 1.54) is 23.9 Å². The standard InChI is InChI=1S/C12H16N2O4S/c1-12(2,10(13)11(15)16)19-7-8-3-5-9(6-4-8)14(17)18/h3-6,10H,7,13H2,1-2H3,(H,15,16)/t10-/m0/s1. The molecule has 0 unspecified atom stereocenters. The van der Waals surface area contributed by atoms with E-state index < -0.39 is 21.7 Å². The lowest BCUT2D eigenvalue weighted by Crippen LogP contribution is -2.46. The highest BCUT2D eigenvalue weighted by molar-refractivity contribution is 7.99. The Morgan fingerprint density at radius 3 is 2.42 bits per heavy atom. The number of carboxylic acid groups (broad SMARTS) is 1. The minimum atomic E-state index is -1.04. The van der Waals surface area contributed by atoms with Crippen LogP contribution < -0.4 is 5.73 Å². The van der Waals surface area contributed by atoms with Crippen LogP contribution in [0.3, 0.4) is 0 Å². The lowest BCUT2D eigenvalue weighted by molar-refractivity contribution is -0.384. The largest absolute Gasteiger partial charge is 0.480 e. The molecule has 1 aromatic rings. The predicted molar refractivity (Wildman–Crippen MR) is 74.1 cm³/mol. The quantitative estimate of drug-likeness (QED) is 0.611. The van der Waals surface area contributed by atoms with E-state index in [2.05, 4.69) is 0 Å². The number of non-ortho nitro benzene ring substituents is 1. The number of nitro benzene ring substituents is 1. The van der Waals surface area contributed by atoms with Crippen molar-refractivity contribution in [3.63, 3.8) is 0 Å². The molecule has 6 nitrogen and oxygen atoms in total. The summed E-state index contributed by atoms with van der Waals surface area (Å²) in [6, 6.07) is 5.22. The molecular weight excluding hydrogens is 268 g/mol. The Morgan fingerprint density at radius 2 is 2.00 bits per heavy atom. The summed E-state index contributed by atoms with van der Waals surface area (Å²) >= 11 is 1.41. The molecule has 0 aromatic heterocycles. The molecule has 1 rings (SSSR count). The molecule has 0 saturated heterocycles. The van der Waals surface area contributed by atoms with Gasteiger partial charge < -0.3 is 10.8 Å². The van der Waals surface area contributed by atoms with Gasteiger partial charge in [0.1, 0.15) is 6.04 Å². The number of benzene rings is 1. The fourth-order valence-corrected chi connectivity index (χ4v) is 2.38. The normalized spacial score (nSPS) is 13.0. The van der Waals surface area contributed by atoms with E-state index in [0.717, 1.165) is 5.56 Å². The van der Waals surface area contributed by atoms with Crippen molar-refractivity contribution in [1.29, 1.82) is 0 Å². The van der Waals surface area contributed by atoms with Crippen molar-refractivity contribution in [3.8, 4) is 0 Å². The van der Waals surface area contributed by atoms with Gasteiger partial charge in [0.15, 0.2) is 0 Å². The van der Waals surface area contributed by atoms with Gasteiger partial charge in [-0.25, -0.2) is 0 Å². The zero-order valence-corrected chi connectivity index (χ0v) is 11.5. The van der Waals surface area contributed by atoms with E-state index >= 15 is 0 Å². The lowest BCUT2D eigenvalue weighted by Gasteiger charge is -2.27. The van der Waals surface area contributed by atoms with Crippen molar-refractivity contribution in [2.45, 2.75) is 30.4 Å². The molecule has 0 bridgehead atoms. The molecule has 0 aliphatic heterocycles. The van der Waals surface area contributed by atoms with Gasteiger partial charge >= 0.3 is 5.97 Å². The molecule has 0 spiro atoms. The van der Waals surface area contributed by atoms with Crippen molar-refractivity contribution in [1.82, 2.24) is 0 Å². The Kier molecular flexibility index (Phi) is 4.90. The first-order chi connectivity index (χ1) is 8.74. The van der Waals surface area contributed by atoms with Crippen LogP contribution in [0.25, 0.3) is 0 Å². The van der Waals surface area contributed by atoms with Gasteiger partial charge in [0.25, 0.3) is 5.69 Å². The first kappa shape index (κ1) is 15.5. The van der Waals surface area contributed by atoms with Gasteiger partial charge in [-0.2, -0.15) is 0 Å². The van der Waals surface area contributed by atoms with E-state index in [-0.39, 0.29) is 5.69 Å². The first-order valence-corrected chi connectivity index (χ1v) is 6.58. The van der Waals surface area contributed by atoms with Crippen LogP contribution in [-0.4, -0.2) is 26.8 Å². The van der Waals surface area contributed by atoms with Gasteiger partial charge in [-0.1, -0.05) is 12.1 Å². The number of aliphatic carboxylic acids is 1. The fraction of sp³-hybridized carbons (Fsp3) is 0.417. The number of nitro groups is 1. The number of hydrogen-bond donors (Lipinski definition) is 2. The van der Waals surface area contributed by atoms with Gasteiger partial charge in [0, 0.05) is 22.6 Å². The monoisotopic (exact) mass is 284 g/mol. The summed E-state index contributed by atoms with van der Waals surface area (Å²) in [4.78, 5) is 20.9. The van der Waals surface area contributed by atoms with E-state index in [1.807, 2.05) is 0 Å². The van der Waals surface area contributed by atoms with Crippen molar-refractivity contribution in [2.75, 3.05) is 0 Å². The highest BCUT2D eigenvalue weighted by Gasteiger charge is 2.32.